The fourth-order valence-corrected chi connectivity index (χ4v) is 1.41. The van der Waals surface area contributed by atoms with Crippen LogP contribution in [0.15, 0.2) is 30.9 Å². The summed E-state index contributed by atoms with van der Waals surface area (Å²) in [5.74, 6) is 0.603. The highest BCUT2D eigenvalue weighted by molar-refractivity contribution is 6.32. The van der Waals surface area contributed by atoms with Crippen LogP contribution in [0.4, 0.5) is 0 Å². The van der Waals surface area contributed by atoms with Crippen LogP contribution in [-0.2, 0) is 0 Å². The molecule has 0 fully saturated rings. The van der Waals surface area contributed by atoms with Gasteiger partial charge in [-0.05, 0) is 24.6 Å². The van der Waals surface area contributed by atoms with Crippen molar-refractivity contribution in [2.75, 3.05) is 7.11 Å². The molecule has 15 heavy (non-hydrogen) atoms. The number of halogens is 1. The average molecular weight is 225 g/mol. The lowest BCUT2D eigenvalue weighted by molar-refractivity contribution is 0.0983. The highest BCUT2D eigenvalue weighted by atomic mass is 35.5. The van der Waals surface area contributed by atoms with Crippen LogP contribution in [0.3, 0.4) is 0 Å². The molecule has 0 spiro atoms. The first-order valence-electron chi connectivity index (χ1n) is 4.66. The molecule has 0 amide bonds. The lowest BCUT2D eigenvalue weighted by atomic mass is 10.1. The molecule has 0 N–H and O–H groups in total. The molecule has 0 unspecified atom stereocenters. The number of Topliss-reactive ketones (excluding diaryl/α,β-unsaturated/α-hetero) is 1. The maximum absolute atomic E-state index is 11.6. The zero-order chi connectivity index (χ0) is 11.3. The Morgan fingerprint density at radius 3 is 2.93 bits per heavy atom. The van der Waals surface area contributed by atoms with Crippen LogP contribution in [0.1, 0.15) is 23.2 Å². The Morgan fingerprint density at radius 2 is 2.33 bits per heavy atom. The summed E-state index contributed by atoms with van der Waals surface area (Å²) in [6.45, 7) is 3.58. The Morgan fingerprint density at radius 1 is 1.60 bits per heavy atom. The molecular weight excluding hydrogens is 212 g/mol. The lowest BCUT2D eigenvalue weighted by Gasteiger charge is -2.05. The van der Waals surface area contributed by atoms with E-state index in [1.165, 1.54) is 7.11 Å². The number of hydrogen-bond acceptors (Lipinski definition) is 2. The summed E-state index contributed by atoms with van der Waals surface area (Å²) < 4.78 is 5.04. The van der Waals surface area contributed by atoms with Gasteiger partial charge in [-0.3, -0.25) is 4.79 Å². The second kappa shape index (κ2) is 5.56. The number of allylic oxidation sites excluding steroid dienone is 1. The van der Waals surface area contributed by atoms with Crippen molar-refractivity contribution in [1.29, 1.82) is 0 Å². The van der Waals surface area contributed by atoms with Crippen LogP contribution >= 0.6 is 11.6 Å². The molecule has 3 heteroatoms. The first-order chi connectivity index (χ1) is 7.19. The van der Waals surface area contributed by atoms with Gasteiger partial charge in [0, 0.05) is 12.0 Å². The molecule has 80 valence electrons. The van der Waals surface area contributed by atoms with Crippen molar-refractivity contribution in [3.05, 3.63) is 41.4 Å². The predicted octanol–water partition coefficient (Wildman–Crippen LogP) is 3.50. The monoisotopic (exact) mass is 224 g/mol. The SMILES string of the molecule is C=CCCC(=O)c1ccc(Cl)c(OC)c1. The van der Waals surface area contributed by atoms with Gasteiger partial charge in [0.05, 0.1) is 12.1 Å². The minimum absolute atomic E-state index is 0.0740. The van der Waals surface area contributed by atoms with Gasteiger partial charge in [0.15, 0.2) is 5.78 Å². The maximum Gasteiger partial charge on any atom is 0.163 e. The van der Waals surface area contributed by atoms with Crippen LogP contribution in [0, 0.1) is 0 Å². The van der Waals surface area contributed by atoms with Crippen molar-refractivity contribution in [3.8, 4) is 5.75 Å². The van der Waals surface area contributed by atoms with E-state index in [9.17, 15) is 4.79 Å². The van der Waals surface area contributed by atoms with Crippen LogP contribution < -0.4 is 4.74 Å². The van der Waals surface area contributed by atoms with E-state index in [0.29, 0.717) is 29.2 Å². The third kappa shape index (κ3) is 3.10. The number of carbonyl (C=O) groups excluding carboxylic acids is 1. The number of ether oxygens (including phenoxy) is 1. The highest BCUT2D eigenvalue weighted by Crippen LogP contribution is 2.25. The second-order valence-corrected chi connectivity index (χ2v) is 3.51. The van der Waals surface area contributed by atoms with Crippen LogP contribution in [-0.4, -0.2) is 12.9 Å². The van der Waals surface area contributed by atoms with Gasteiger partial charge in [-0.25, -0.2) is 0 Å². The summed E-state index contributed by atoms with van der Waals surface area (Å²) in [4.78, 5) is 11.6. The first kappa shape index (κ1) is 11.8. The van der Waals surface area contributed by atoms with Crippen LogP contribution in [0.5, 0.6) is 5.75 Å². The molecule has 0 bridgehead atoms. The van der Waals surface area contributed by atoms with Gasteiger partial charge in [-0.15, -0.1) is 6.58 Å². The van der Waals surface area contributed by atoms with Gasteiger partial charge in [0.2, 0.25) is 0 Å². The van der Waals surface area contributed by atoms with Gasteiger partial charge in [0.25, 0.3) is 0 Å². The van der Waals surface area contributed by atoms with Gasteiger partial charge >= 0.3 is 0 Å². The fourth-order valence-electron chi connectivity index (χ4n) is 1.21. The molecular formula is C12H13ClO2. The molecule has 0 saturated carbocycles. The summed E-state index contributed by atoms with van der Waals surface area (Å²) >= 11 is 5.85. The Hall–Kier alpha value is -1.28. The standard InChI is InChI=1S/C12H13ClO2/c1-3-4-5-11(14)9-6-7-10(13)12(8-9)15-2/h3,6-8H,1,4-5H2,2H3. The molecule has 0 aliphatic rings. The van der Waals surface area contributed by atoms with Gasteiger partial charge in [-0.2, -0.15) is 0 Å². The van der Waals surface area contributed by atoms with E-state index >= 15 is 0 Å². The molecule has 0 aromatic heterocycles. The predicted molar refractivity (Wildman–Crippen MR) is 61.8 cm³/mol. The molecule has 0 aliphatic heterocycles. The molecule has 2 nitrogen and oxygen atoms in total. The van der Waals surface area contributed by atoms with Crippen molar-refractivity contribution >= 4 is 17.4 Å². The van der Waals surface area contributed by atoms with Gasteiger partial charge in [0.1, 0.15) is 5.75 Å². The fraction of sp³-hybridized carbons (Fsp3) is 0.250. The largest absolute Gasteiger partial charge is 0.495 e. The van der Waals surface area contributed by atoms with E-state index in [1.807, 2.05) is 0 Å². The molecule has 1 rings (SSSR count). The molecule has 0 saturated heterocycles. The van der Waals surface area contributed by atoms with Crippen molar-refractivity contribution in [2.45, 2.75) is 12.8 Å². The summed E-state index contributed by atoms with van der Waals surface area (Å²) in [6.07, 6.45) is 2.88. The van der Waals surface area contributed by atoms with Crippen LogP contribution in [0.25, 0.3) is 0 Å². The molecule has 1 aromatic rings. The van der Waals surface area contributed by atoms with E-state index in [0.717, 1.165) is 0 Å². The molecule has 0 aliphatic carbocycles. The van der Waals surface area contributed by atoms with Gasteiger partial charge in [-0.1, -0.05) is 17.7 Å². The quantitative estimate of drug-likeness (QED) is 0.565. The zero-order valence-electron chi connectivity index (χ0n) is 8.63. The normalized spacial score (nSPS) is 9.73. The van der Waals surface area contributed by atoms with Crippen molar-refractivity contribution in [3.63, 3.8) is 0 Å². The van der Waals surface area contributed by atoms with Gasteiger partial charge < -0.3 is 4.74 Å². The molecule has 0 atom stereocenters. The highest BCUT2D eigenvalue weighted by Gasteiger charge is 2.08. The van der Waals surface area contributed by atoms with E-state index in [-0.39, 0.29) is 5.78 Å². The Bertz CT molecular complexity index is 372. The van der Waals surface area contributed by atoms with Crippen molar-refractivity contribution in [1.82, 2.24) is 0 Å². The summed E-state index contributed by atoms with van der Waals surface area (Å²) in [6, 6.07) is 5.03. The van der Waals surface area contributed by atoms with E-state index in [4.69, 9.17) is 16.3 Å². The molecule has 0 heterocycles. The lowest BCUT2D eigenvalue weighted by Crippen LogP contribution is -1.98. The molecule has 1 aromatic carbocycles. The minimum atomic E-state index is 0.0740. The number of carbonyl (C=O) groups is 1. The second-order valence-electron chi connectivity index (χ2n) is 3.10. The topological polar surface area (TPSA) is 26.3 Å². The summed E-state index contributed by atoms with van der Waals surface area (Å²) in [5.41, 5.74) is 0.623. The molecule has 0 radical (unpaired) electrons. The van der Waals surface area contributed by atoms with Crippen LogP contribution in [0.2, 0.25) is 5.02 Å². The van der Waals surface area contributed by atoms with Crippen molar-refractivity contribution < 1.29 is 9.53 Å². The zero-order valence-corrected chi connectivity index (χ0v) is 9.38. The minimum Gasteiger partial charge on any atom is -0.495 e. The Kier molecular flexibility index (Phi) is 4.37. The summed E-state index contributed by atoms with van der Waals surface area (Å²) in [5, 5.41) is 0.512. The average Bonchev–Trinajstić information content (AvgIpc) is 2.26. The number of rotatable bonds is 5. The summed E-state index contributed by atoms with van der Waals surface area (Å²) in [7, 11) is 1.53. The third-order valence-corrected chi connectivity index (χ3v) is 2.36. The Labute approximate surface area is 94.5 Å². The van der Waals surface area contributed by atoms with E-state index in [1.54, 1.807) is 24.3 Å². The number of hydrogen-bond donors (Lipinski definition) is 0. The third-order valence-electron chi connectivity index (χ3n) is 2.05. The van der Waals surface area contributed by atoms with E-state index < -0.39 is 0 Å². The number of benzene rings is 1. The number of ketones is 1. The maximum atomic E-state index is 11.6. The smallest absolute Gasteiger partial charge is 0.163 e. The van der Waals surface area contributed by atoms with E-state index in [2.05, 4.69) is 6.58 Å². The number of methoxy groups -OCH3 is 1. The first-order valence-corrected chi connectivity index (χ1v) is 5.04. The van der Waals surface area contributed by atoms with Crippen molar-refractivity contribution in [2.24, 2.45) is 0 Å². The Balaban J connectivity index is 2.85.